The van der Waals surface area contributed by atoms with Crippen molar-refractivity contribution in [2.24, 2.45) is 0 Å². The highest BCUT2D eigenvalue weighted by atomic mass is 16.6. The molecule has 1 atom stereocenters. The number of nitrogens with zero attached hydrogens (tertiary/aromatic N) is 3. The summed E-state index contributed by atoms with van der Waals surface area (Å²) in [4.78, 5) is 16.0. The van der Waals surface area contributed by atoms with Gasteiger partial charge in [0, 0.05) is 0 Å². The Bertz CT molecular complexity index is 440. The van der Waals surface area contributed by atoms with Crippen molar-refractivity contribution < 1.29 is 9.53 Å². The lowest BCUT2D eigenvalue weighted by Gasteiger charge is -2.22. The third kappa shape index (κ3) is 4.27. The number of carbonyl (C=O) groups is 1. The van der Waals surface area contributed by atoms with Gasteiger partial charge in [-0.15, -0.1) is 5.10 Å². The van der Waals surface area contributed by atoms with Crippen LogP contribution in [0.1, 0.15) is 39.1 Å². The van der Waals surface area contributed by atoms with Gasteiger partial charge in [-0.05, 0) is 41.5 Å². The predicted octanol–water partition coefficient (Wildman–Crippen LogP) is 1.63. The van der Waals surface area contributed by atoms with Crippen LogP contribution in [0, 0.1) is 13.8 Å². The molecule has 100 valence electrons. The first-order valence-corrected chi connectivity index (χ1v) is 5.86. The van der Waals surface area contributed by atoms with Crippen molar-refractivity contribution in [3.05, 3.63) is 11.4 Å². The summed E-state index contributed by atoms with van der Waals surface area (Å²) >= 11 is 0. The average Bonchev–Trinajstić information content (AvgIpc) is 2.21. The fourth-order valence-electron chi connectivity index (χ4n) is 1.16. The second-order valence-corrected chi connectivity index (χ2v) is 5.21. The zero-order valence-corrected chi connectivity index (χ0v) is 11.7. The highest BCUT2D eigenvalue weighted by Gasteiger charge is 2.22. The van der Waals surface area contributed by atoms with Crippen LogP contribution in [0.2, 0.25) is 0 Å². The summed E-state index contributed by atoms with van der Waals surface area (Å²) < 4.78 is 5.25. The zero-order chi connectivity index (χ0) is 13.9. The van der Waals surface area contributed by atoms with Gasteiger partial charge in [0.05, 0.1) is 11.4 Å². The van der Waals surface area contributed by atoms with Gasteiger partial charge in [-0.1, -0.05) is 0 Å². The van der Waals surface area contributed by atoms with E-state index in [2.05, 4.69) is 20.5 Å². The molecule has 1 rings (SSSR count). The van der Waals surface area contributed by atoms with Crippen LogP contribution in [0.4, 0.5) is 5.95 Å². The van der Waals surface area contributed by atoms with Gasteiger partial charge in [0.1, 0.15) is 11.6 Å². The van der Waals surface area contributed by atoms with Crippen molar-refractivity contribution in [3.8, 4) is 0 Å². The number of aryl methyl sites for hydroxylation is 2. The maximum Gasteiger partial charge on any atom is 0.328 e. The molecule has 0 fully saturated rings. The Hall–Kier alpha value is -1.72. The van der Waals surface area contributed by atoms with Gasteiger partial charge >= 0.3 is 5.97 Å². The van der Waals surface area contributed by atoms with E-state index in [9.17, 15) is 4.79 Å². The first-order chi connectivity index (χ1) is 8.19. The van der Waals surface area contributed by atoms with Gasteiger partial charge in [0.15, 0.2) is 0 Å². The van der Waals surface area contributed by atoms with Crippen molar-refractivity contribution >= 4 is 11.9 Å². The first kappa shape index (κ1) is 14.3. The summed E-state index contributed by atoms with van der Waals surface area (Å²) in [7, 11) is 0. The van der Waals surface area contributed by atoms with E-state index in [0.717, 1.165) is 11.4 Å². The lowest BCUT2D eigenvalue weighted by Crippen LogP contribution is -2.35. The summed E-state index contributed by atoms with van der Waals surface area (Å²) in [6.45, 7) is 10.8. The van der Waals surface area contributed by atoms with Crippen molar-refractivity contribution in [2.45, 2.75) is 53.2 Å². The quantitative estimate of drug-likeness (QED) is 0.824. The van der Waals surface area contributed by atoms with Gasteiger partial charge in [0.25, 0.3) is 0 Å². The smallest absolute Gasteiger partial charge is 0.328 e. The molecule has 6 nitrogen and oxygen atoms in total. The van der Waals surface area contributed by atoms with Crippen LogP contribution in [0.25, 0.3) is 0 Å². The standard InChI is InChI=1S/C12H20N4O2/c1-7-8(2)15-16-11(13-7)14-9(3)10(17)18-12(4,5)6/h9H,1-6H3,(H,13,14,16)/t9-/m1/s1. The van der Waals surface area contributed by atoms with Crippen molar-refractivity contribution in [1.82, 2.24) is 15.2 Å². The molecule has 1 aromatic rings. The molecule has 0 aliphatic carbocycles. The van der Waals surface area contributed by atoms with Gasteiger partial charge in [-0.2, -0.15) is 5.10 Å². The Morgan fingerprint density at radius 3 is 2.33 bits per heavy atom. The molecule has 1 N–H and O–H groups in total. The van der Waals surface area contributed by atoms with Crippen LogP contribution < -0.4 is 5.32 Å². The van der Waals surface area contributed by atoms with Crippen LogP contribution >= 0.6 is 0 Å². The average molecular weight is 252 g/mol. The van der Waals surface area contributed by atoms with Crippen LogP contribution in [0.3, 0.4) is 0 Å². The largest absolute Gasteiger partial charge is 0.458 e. The fraction of sp³-hybridized carbons (Fsp3) is 0.667. The number of anilines is 1. The van der Waals surface area contributed by atoms with Crippen LogP contribution in [-0.4, -0.2) is 32.8 Å². The Labute approximate surface area is 107 Å². The molecule has 1 aromatic heterocycles. The molecule has 0 bridgehead atoms. The molecule has 0 amide bonds. The molecule has 18 heavy (non-hydrogen) atoms. The lowest BCUT2D eigenvalue weighted by atomic mass is 10.2. The van der Waals surface area contributed by atoms with Crippen molar-refractivity contribution in [2.75, 3.05) is 5.32 Å². The monoisotopic (exact) mass is 252 g/mol. The van der Waals surface area contributed by atoms with Gasteiger partial charge in [-0.25, -0.2) is 9.78 Å². The number of esters is 1. The predicted molar refractivity (Wildman–Crippen MR) is 68.2 cm³/mol. The summed E-state index contributed by atoms with van der Waals surface area (Å²) in [6, 6.07) is -0.520. The van der Waals surface area contributed by atoms with E-state index in [1.165, 1.54) is 0 Å². The van der Waals surface area contributed by atoms with E-state index < -0.39 is 11.6 Å². The summed E-state index contributed by atoms with van der Waals surface area (Å²) in [6.07, 6.45) is 0. The Kier molecular flexibility index (Phi) is 4.21. The number of carbonyl (C=O) groups excluding carboxylic acids is 1. The SMILES string of the molecule is Cc1nnc(N[C@H](C)C(=O)OC(C)(C)C)nc1C. The topological polar surface area (TPSA) is 77.0 Å². The van der Waals surface area contributed by atoms with Crippen LogP contribution in [0.15, 0.2) is 0 Å². The van der Waals surface area contributed by atoms with Gasteiger partial charge in [-0.3, -0.25) is 0 Å². The maximum atomic E-state index is 11.8. The normalized spacial score (nSPS) is 13.0. The van der Waals surface area contributed by atoms with E-state index in [4.69, 9.17) is 4.74 Å². The Morgan fingerprint density at radius 2 is 1.83 bits per heavy atom. The van der Waals surface area contributed by atoms with E-state index in [-0.39, 0.29) is 5.97 Å². The van der Waals surface area contributed by atoms with Gasteiger partial charge in [0.2, 0.25) is 5.95 Å². The van der Waals surface area contributed by atoms with E-state index >= 15 is 0 Å². The zero-order valence-electron chi connectivity index (χ0n) is 11.7. The molecule has 0 aliphatic heterocycles. The summed E-state index contributed by atoms with van der Waals surface area (Å²) in [5.74, 6) is -0.0132. The molecule has 0 aromatic carbocycles. The molecule has 6 heteroatoms. The molecule has 0 unspecified atom stereocenters. The Morgan fingerprint density at radius 1 is 1.22 bits per heavy atom. The van der Waals surface area contributed by atoms with Gasteiger partial charge < -0.3 is 10.1 Å². The number of aromatic nitrogens is 3. The molecular formula is C12H20N4O2. The number of hydrogen-bond acceptors (Lipinski definition) is 6. The second kappa shape index (κ2) is 5.29. The van der Waals surface area contributed by atoms with Crippen molar-refractivity contribution in [1.29, 1.82) is 0 Å². The number of rotatable bonds is 3. The fourth-order valence-corrected chi connectivity index (χ4v) is 1.16. The maximum absolute atomic E-state index is 11.8. The highest BCUT2D eigenvalue weighted by Crippen LogP contribution is 2.10. The molecule has 0 radical (unpaired) electrons. The minimum absolute atomic E-state index is 0.330. The van der Waals surface area contributed by atoms with E-state index in [1.807, 2.05) is 34.6 Å². The Balaban J connectivity index is 2.66. The molecule has 0 saturated heterocycles. The lowest BCUT2D eigenvalue weighted by molar-refractivity contribution is -0.155. The molecular weight excluding hydrogens is 232 g/mol. The summed E-state index contributed by atoms with van der Waals surface area (Å²) in [5.41, 5.74) is 1.05. The third-order valence-electron chi connectivity index (χ3n) is 2.20. The molecule has 0 aliphatic rings. The van der Waals surface area contributed by atoms with Crippen LogP contribution in [0.5, 0.6) is 0 Å². The highest BCUT2D eigenvalue weighted by molar-refractivity contribution is 5.78. The molecule has 0 spiro atoms. The second-order valence-electron chi connectivity index (χ2n) is 5.21. The first-order valence-electron chi connectivity index (χ1n) is 5.86. The summed E-state index contributed by atoms with van der Waals surface area (Å²) in [5, 5.41) is 10.7. The van der Waals surface area contributed by atoms with E-state index in [0.29, 0.717) is 5.95 Å². The van der Waals surface area contributed by atoms with Crippen LogP contribution in [-0.2, 0) is 9.53 Å². The number of nitrogens with one attached hydrogen (secondary N) is 1. The van der Waals surface area contributed by atoms with E-state index in [1.54, 1.807) is 6.92 Å². The molecule has 1 heterocycles. The minimum atomic E-state index is -0.520. The number of ether oxygens (including phenoxy) is 1. The molecule has 0 saturated carbocycles. The minimum Gasteiger partial charge on any atom is -0.458 e. The third-order valence-corrected chi connectivity index (χ3v) is 2.20. The number of hydrogen-bond donors (Lipinski definition) is 1. The van der Waals surface area contributed by atoms with Crippen molar-refractivity contribution in [3.63, 3.8) is 0 Å².